The molecule has 114 valence electrons. The van der Waals surface area contributed by atoms with Gasteiger partial charge in [-0.15, -0.1) is 6.58 Å². The predicted molar refractivity (Wildman–Crippen MR) is 82.6 cm³/mol. The summed E-state index contributed by atoms with van der Waals surface area (Å²) in [5, 5.41) is 0. The van der Waals surface area contributed by atoms with Crippen LogP contribution >= 0.6 is 24.0 Å². The Morgan fingerprint density at radius 1 is 1.10 bits per heavy atom. The van der Waals surface area contributed by atoms with E-state index in [1.807, 2.05) is 0 Å². The molecule has 0 spiro atoms. The lowest BCUT2D eigenvalue weighted by molar-refractivity contribution is -0.158. The fourth-order valence-corrected chi connectivity index (χ4v) is 2.85. The van der Waals surface area contributed by atoms with Gasteiger partial charge in [0.15, 0.2) is 0 Å². The highest BCUT2D eigenvalue weighted by atomic mass is 32.2. The molecule has 0 aromatic carbocycles. The summed E-state index contributed by atoms with van der Waals surface area (Å²) in [5.74, 6) is -1.41. The second-order valence-electron chi connectivity index (χ2n) is 3.55. The molecule has 0 N–H and O–H groups in total. The van der Waals surface area contributed by atoms with Crippen LogP contribution in [0.3, 0.4) is 0 Å². The van der Waals surface area contributed by atoms with E-state index in [0.717, 1.165) is 11.8 Å². The van der Waals surface area contributed by atoms with Gasteiger partial charge in [-0.05, 0) is 44.8 Å². The Morgan fingerprint density at radius 3 is 1.90 bits per heavy atom. The van der Waals surface area contributed by atoms with Crippen LogP contribution in [0.5, 0.6) is 0 Å². The minimum absolute atomic E-state index is 0.0442. The van der Waals surface area contributed by atoms with E-state index in [0.29, 0.717) is 6.61 Å². The molecule has 0 unspecified atom stereocenters. The van der Waals surface area contributed by atoms with Crippen LogP contribution in [-0.4, -0.2) is 40.9 Å². The van der Waals surface area contributed by atoms with Crippen LogP contribution in [0.25, 0.3) is 0 Å². The van der Waals surface area contributed by atoms with Gasteiger partial charge in [-0.3, -0.25) is 0 Å². The molecular weight excluding hydrogens is 300 g/mol. The third-order valence-electron chi connectivity index (χ3n) is 2.16. The van der Waals surface area contributed by atoms with Crippen LogP contribution in [0.2, 0.25) is 0 Å². The zero-order valence-corrected chi connectivity index (χ0v) is 13.6. The molecule has 0 atom stereocenters. The number of hydrogen-bond acceptors (Lipinski definition) is 7. The van der Waals surface area contributed by atoms with Crippen molar-refractivity contribution in [3.8, 4) is 0 Å². The third kappa shape index (κ3) is 5.13. The Hall–Kier alpha value is -1.08. The normalized spacial score (nSPS) is 10.6. The molecule has 0 aromatic rings. The van der Waals surface area contributed by atoms with Gasteiger partial charge < -0.3 is 14.2 Å². The minimum atomic E-state index is -1.60. The van der Waals surface area contributed by atoms with Crippen molar-refractivity contribution in [1.29, 1.82) is 0 Å². The van der Waals surface area contributed by atoms with Gasteiger partial charge in [0.1, 0.15) is 0 Å². The van der Waals surface area contributed by atoms with Crippen molar-refractivity contribution in [3.63, 3.8) is 0 Å². The standard InChI is InChI=1S/C13H20O5S2/c1-5-9-13(10(14)16-6-2,11(15)17-7-3)20-12(19)18-8-4/h5H,1,6-9H2,2-4H3. The lowest BCUT2D eigenvalue weighted by Crippen LogP contribution is -2.46. The van der Waals surface area contributed by atoms with E-state index < -0.39 is 16.7 Å². The smallest absolute Gasteiger partial charge is 0.334 e. The molecule has 7 heteroatoms. The van der Waals surface area contributed by atoms with E-state index in [1.165, 1.54) is 6.08 Å². The zero-order valence-electron chi connectivity index (χ0n) is 12.0. The summed E-state index contributed by atoms with van der Waals surface area (Å²) < 4.78 is 13.6. The highest BCUT2D eigenvalue weighted by Crippen LogP contribution is 2.34. The second-order valence-corrected chi connectivity index (χ2v) is 5.45. The maximum atomic E-state index is 12.2. The maximum Gasteiger partial charge on any atom is 0.334 e. The van der Waals surface area contributed by atoms with Crippen molar-refractivity contribution >= 4 is 40.3 Å². The molecule has 20 heavy (non-hydrogen) atoms. The molecule has 0 aliphatic rings. The SMILES string of the molecule is C=CCC(SC(=S)OCC)(C(=O)OCC)C(=O)OCC. The topological polar surface area (TPSA) is 61.8 Å². The first-order valence-electron chi connectivity index (χ1n) is 6.29. The van der Waals surface area contributed by atoms with Gasteiger partial charge >= 0.3 is 11.9 Å². The number of carbonyl (C=O) groups is 2. The van der Waals surface area contributed by atoms with Gasteiger partial charge in [0.25, 0.3) is 0 Å². The van der Waals surface area contributed by atoms with Gasteiger partial charge in [0, 0.05) is 6.42 Å². The molecule has 0 heterocycles. The highest BCUT2D eigenvalue weighted by Gasteiger charge is 2.50. The van der Waals surface area contributed by atoms with Gasteiger partial charge in [0.2, 0.25) is 9.13 Å². The van der Waals surface area contributed by atoms with Crippen molar-refractivity contribution in [2.75, 3.05) is 19.8 Å². The Labute approximate surface area is 129 Å². The molecule has 0 amide bonds. The molecule has 0 aromatic heterocycles. The molecule has 0 aliphatic heterocycles. The lowest BCUT2D eigenvalue weighted by Gasteiger charge is -2.27. The van der Waals surface area contributed by atoms with Gasteiger partial charge in [-0.25, -0.2) is 9.59 Å². The predicted octanol–water partition coefficient (Wildman–Crippen LogP) is 2.48. The van der Waals surface area contributed by atoms with Crippen molar-refractivity contribution < 1.29 is 23.8 Å². The summed E-state index contributed by atoms with van der Waals surface area (Å²) in [4.78, 5) is 24.4. The lowest BCUT2D eigenvalue weighted by atomic mass is 10.1. The number of hydrogen-bond donors (Lipinski definition) is 0. The monoisotopic (exact) mass is 320 g/mol. The quantitative estimate of drug-likeness (QED) is 0.295. The average Bonchev–Trinajstić information content (AvgIpc) is 2.38. The first-order chi connectivity index (χ1) is 9.48. The summed E-state index contributed by atoms with van der Waals surface area (Å²) in [6.45, 7) is 9.30. The number of ether oxygens (including phenoxy) is 3. The molecule has 0 fully saturated rings. The summed E-state index contributed by atoms with van der Waals surface area (Å²) in [6, 6.07) is 0. The average molecular weight is 320 g/mol. The van der Waals surface area contributed by atoms with E-state index in [-0.39, 0.29) is 24.0 Å². The van der Waals surface area contributed by atoms with E-state index in [1.54, 1.807) is 20.8 Å². The Morgan fingerprint density at radius 2 is 1.55 bits per heavy atom. The zero-order chi connectivity index (χ0) is 15.6. The van der Waals surface area contributed by atoms with E-state index in [9.17, 15) is 9.59 Å². The number of thioether (sulfide) groups is 1. The Balaban J connectivity index is 5.41. The van der Waals surface area contributed by atoms with Crippen LogP contribution in [0.15, 0.2) is 12.7 Å². The van der Waals surface area contributed by atoms with Crippen LogP contribution in [0.4, 0.5) is 0 Å². The molecule has 0 saturated heterocycles. The first kappa shape index (κ1) is 18.9. The summed E-state index contributed by atoms with van der Waals surface area (Å²) >= 11 is 5.84. The number of allylic oxidation sites excluding steroid dienone is 1. The highest BCUT2D eigenvalue weighted by molar-refractivity contribution is 8.24. The molecule has 0 saturated carbocycles. The molecule has 0 radical (unpaired) electrons. The Bertz CT molecular complexity index is 350. The second kappa shape index (κ2) is 9.77. The number of esters is 2. The molecule has 0 rings (SSSR count). The van der Waals surface area contributed by atoms with E-state index in [2.05, 4.69) is 6.58 Å². The summed E-state index contributed by atoms with van der Waals surface area (Å²) in [6.07, 6.45) is 1.50. The van der Waals surface area contributed by atoms with Gasteiger partial charge in [-0.2, -0.15) is 0 Å². The van der Waals surface area contributed by atoms with Crippen LogP contribution in [0, 0.1) is 0 Å². The summed E-state index contributed by atoms with van der Waals surface area (Å²) in [5.41, 5.74) is 0. The van der Waals surface area contributed by atoms with Gasteiger partial charge in [-0.1, -0.05) is 6.08 Å². The fourth-order valence-electron chi connectivity index (χ4n) is 1.36. The molecule has 5 nitrogen and oxygen atoms in total. The first-order valence-corrected chi connectivity index (χ1v) is 7.52. The largest absolute Gasteiger partial charge is 0.479 e. The maximum absolute atomic E-state index is 12.2. The summed E-state index contributed by atoms with van der Waals surface area (Å²) in [7, 11) is 0. The number of carbonyl (C=O) groups excluding carboxylic acids is 2. The van der Waals surface area contributed by atoms with E-state index in [4.69, 9.17) is 26.4 Å². The van der Waals surface area contributed by atoms with Crippen LogP contribution < -0.4 is 0 Å². The van der Waals surface area contributed by atoms with Crippen molar-refractivity contribution in [3.05, 3.63) is 12.7 Å². The third-order valence-corrected chi connectivity index (χ3v) is 3.66. The molecule has 0 aliphatic carbocycles. The number of thiocarbonyl (C=S) groups is 1. The van der Waals surface area contributed by atoms with Crippen molar-refractivity contribution in [2.45, 2.75) is 31.9 Å². The fraction of sp³-hybridized carbons (Fsp3) is 0.615. The van der Waals surface area contributed by atoms with Gasteiger partial charge in [0.05, 0.1) is 19.8 Å². The number of rotatable bonds is 8. The van der Waals surface area contributed by atoms with Crippen molar-refractivity contribution in [1.82, 2.24) is 0 Å². The van der Waals surface area contributed by atoms with Crippen LogP contribution in [0.1, 0.15) is 27.2 Å². The molecule has 0 bridgehead atoms. The minimum Gasteiger partial charge on any atom is -0.479 e. The molecular formula is C13H20O5S2. The van der Waals surface area contributed by atoms with Crippen molar-refractivity contribution in [2.24, 2.45) is 0 Å². The Kier molecular flexibility index (Phi) is 9.24. The van der Waals surface area contributed by atoms with Crippen LogP contribution in [-0.2, 0) is 23.8 Å². The van der Waals surface area contributed by atoms with E-state index >= 15 is 0 Å².